The van der Waals surface area contributed by atoms with Gasteiger partial charge in [0, 0.05) is 6.04 Å². The van der Waals surface area contributed by atoms with Crippen LogP contribution in [0.2, 0.25) is 0 Å². The molecule has 0 amide bonds. The van der Waals surface area contributed by atoms with Crippen molar-refractivity contribution in [3.05, 3.63) is 29.8 Å². The summed E-state index contributed by atoms with van der Waals surface area (Å²) in [4.78, 5) is 0. The van der Waals surface area contributed by atoms with Gasteiger partial charge in [0.05, 0.1) is 7.11 Å². The number of hydrogen-bond donors (Lipinski definition) is 1. The van der Waals surface area contributed by atoms with Crippen molar-refractivity contribution in [2.75, 3.05) is 13.7 Å². The van der Waals surface area contributed by atoms with E-state index in [2.05, 4.69) is 30.4 Å². The molecular formula is C15H23NO. The fraction of sp³-hybridized carbons (Fsp3) is 0.600. The maximum absolute atomic E-state index is 5.41. The highest BCUT2D eigenvalue weighted by atomic mass is 16.5. The molecule has 2 nitrogen and oxygen atoms in total. The topological polar surface area (TPSA) is 21.3 Å². The molecular weight excluding hydrogens is 210 g/mol. The molecule has 1 N–H and O–H groups in total. The van der Waals surface area contributed by atoms with Gasteiger partial charge in [-0.1, -0.05) is 25.1 Å². The molecule has 2 heteroatoms. The molecule has 2 atom stereocenters. The van der Waals surface area contributed by atoms with Crippen LogP contribution in [0.3, 0.4) is 0 Å². The van der Waals surface area contributed by atoms with Gasteiger partial charge < -0.3 is 10.1 Å². The van der Waals surface area contributed by atoms with Crippen molar-refractivity contribution in [2.24, 2.45) is 5.92 Å². The number of rotatable bonds is 5. The molecule has 0 bridgehead atoms. The van der Waals surface area contributed by atoms with Crippen molar-refractivity contribution in [3.8, 4) is 5.75 Å². The Kier molecular flexibility index (Phi) is 4.43. The van der Waals surface area contributed by atoms with Crippen LogP contribution in [0, 0.1) is 5.92 Å². The number of benzene rings is 1. The second-order valence-corrected chi connectivity index (χ2v) is 4.95. The van der Waals surface area contributed by atoms with Crippen LogP contribution in [0.1, 0.15) is 31.7 Å². The summed E-state index contributed by atoms with van der Waals surface area (Å²) in [6.07, 6.45) is 5.14. The lowest BCUT2D eigenvalue weighted by Crippen LogP contribution is -2.25. The summed E-state index contributed by atoms with van der Waals surface area (Å²) < 4.78 is 5.41. The fourth-order valence-corrected chi connectivity index (χ4v) is 2.92. The molecule has 0 heterocycles. The second kappa shape index (κ2) is 6.06. The zero-order chi connectivity index (χ0) is 12.1. The minimum absolute atomic E-state index is 0.736. The van der Waals surface area contributed by atoms with Crippen LogP contribution in [0.5, 0.6) is 5.75 Å². The van der Waals surface area contributed by atoms with E-state index in [1.165, 1.54) is 24.8 Å². The highest BCUT2D eigenvalue weighted by Gasteiger charge is 2.24. The number of methoxy groups -OCH3 is 1. The third-order valence-electron chi connectivity index (χ3n) is 3.74. The number of ether oxygens (including phenoxy) is 1. The average Bonchev–Trinajstić information content (AvgIpc) is 2.78. The van der Waals surface area contributed by atoms with E-state index >= 15 is 0 Å². The lowest BCUT2D eigenvalue weighted by atomic mass is 9.97. The number of para-hydroxylation sites is 1. The third kappa shape index (κ3) is 3.22. The Morgan fingerprint density at radius 2 is 2.12 bits per heavy atom. The Balaban J connectivity index is 1.93. The summed E-state index contributed by atoms with van der Waals surface area (Å²) in [5, 5.41) is 3.56. The van der Waals surface area contributed by atoms with Crippen molar-refractivity contribution in [1.29, 1.82) is 0 Å². The van der Waals surface area contributed by atoms with Gasteiger partial charge >= 0.3 is 0 Å². The number of nitrogens with one attached hydrogen (secondary N) is 1. The van der Waals surface area contributed by atoms with Crippen molar-refractivity contribution in [1.82, 2.24) is 5.32 Å². The van der Waals surface area contributed by atoms with Crippen molar-refractivity contribution >= 4 is 0 Å². The van der Waals surface area contributed by atoms with Gasteiger partial charge in [0.25, 0.3) is 0 Å². The molecule has 0 radical (unpaired) electrons. The Bertz CT molecular complexity index is 351. The number of hydrogen-bond acceptors (Lipinski definition) is 2. The van der Waals surface area contributed by atoms with Gasteiger partial charge in [-0.15, -0.1) is 0 Å². The van der Waals surface area contributed by atoms with E-state index in [-0.39, 0.29) is 0 Å². The smallest absolute Gasteiger partial charge is 0.122 e. The molecule has 0 aliphatic heterocycles. The lowest BCUT2D eigenvalue weighted by molar-refractivity contribution is 0.403. The molecule has 2 rings (SSSR count). The van der Waals surface area contributed by atoms with Crippen LogP contribution >= 0.6 is 0 Å². The van der Waals surface area contributed by atoms with E-state index in [1.54, 1.807) is 7.11 Å². The van der Waals surface area contributed by atoms with E-state index in [9.17, 15) is 0 Å². The molecule has 17 heavy (non-hydrogen) atoms. The highest BCUT2D eigenvalue weighted by molar-refractivity contribution is 5.33. The van der Waals surface area contributed by atoms with Crippen LogP contribution in [0.15, 0.2) is 24.3 Å². The van der Waals surface area contributed by atoms with Gasteiger partial charge in [-0.3, -0.25) is 0 Å². The Morgan fingerprint density at radius 1 is 1.29 bits per heavy atom. The fourth-order valence-electron chi connectivity index (χ4n) is 2.92. The third-order valence-corrected chi connectivity index (χ3v) is 3.74. The molecule has 1 aliphatic carbocycles. The van der Waals surface area contributed by atoms with Gasteiger partial charge in [0.15, 0.2) is 0 Å². The maximum Gasteiger partial charge on any atom is 0.122 e. The predicted molar refractivity (Wildman–Crippen MR) is 71.5 cm³/mol. The van der Waals surface area contributed by atoms with Crippen LogP contribution in [0.25, 0.3) is 0 Å². The predicted octanol–water partition coefficient (Wildman–Crippen LogP) is 3.02. The first-order valence-corrected chi connectivity index (χ1v) is 6.68. The zero-order valence-electron chi connectivity index (χ0n) is 10.9. The van der Waals surface area contributed by atoms with Crippen LogP contribution in [-0.4, -0.2) is 19.7 Å². The summed E-state index contributed by atoms with van der Waals surface area (Å²) in [5.74, 6) is 1.86. The molecule has 0 aromatic heterocycles. The molecule has 0 spiro atoms. The molecule has 0 saturated heterocycles. The normalized spacial score (nSPS) is 23.9. The first-order chi connectivity index (χ1) is 8.33. The largest absolute Gasteiger partial charge is 0.496 e. The molecule has 1 fully saturated rings. The molecule has 1 saturated carbocycles. The summed E-state index contributed by atoms with van der Waals surface area (Å²) >= 11 is 0. The van der Waals surface area contributed by atoms with Gasteiger partial charge in [-0.25, -0.2) is 0 Å². The Morgan fingerprint density at radius 3 is 2.88 bits per heavy atom. The van der Waals surface area contributed by atoms with Crippen molar-refractivity contribution in [2.45, 2.75) is 38.6 Å². The van der Waals surface area contributed by atoms with Crippen molar-refractivity contribution in [3.63, 3.8) is 0 Å². The molecule has 1 aromatic rings. The first-order valence-electron chi connectivity index (χ1n) is 6.68. The minimum Gasteiger partial charge on any atom is -0.496 e. The van der Waals surface area contributed by atoms with E-state index in [1.807, 2.05) is 6.07 Å². The molecule has 1 aromatic carbocycles. The van der Waals surface area contributed by atoms with E-state index in [0.717, 1.165) is 30.7 Å². The SMILES string of the molecule is CCNC1CCC(Cc2ccccc2OC)C1. The Labute approximate surface area is 104 Å². The Hall–Kier alpha value is -1.02. The molecule has 2 unspecified atom stereocenters. The summed E-state index contributed by atoms with van der Waals surface area (Å²) in [6.45, 7) is 3.28. The van der Waals surface area contributed by atoms with Gasteiger partial charge in [-0.2, -0.15) is 0 Å². The maximum atomic E-state index is 5.41. The lowest BCUT2D eigenvalue weighted by Gasteiger charge is -2.14. The van der Waals surface area contributed by atoms with Gasteiger partial charge in [-0.05, 0) is 49.8 Å². The quantitative estimate of drug-likeness (QED) is 0.844. The minimum atomic E-state index is 0.736. The molecule has 1 aliphatic rings. The first kappa shape index (κ1) is 12.4. The van der Waals surface area contributed by atoms with E-state index in [0.29, 0.717) is 0 Å². The summed E-state index contributed by atoms with van der Waals surface area (Å²) in [5.41, 5.74) is 1.36. The monoisotopic (exact) mass is 233 g/mol. The summed E-state index contributed by atoms with van der Waals surface area (Å²) in [7, 11) is 1.76. The molecule has 94 valence electrons. The second-order valence-electron chi connectivity index (χ2n) is 4.95. The van der Waals surface area contributed by atoms with Crippen LogP contribution in [-0.2, 0) is 6.42 Å². The standard InChI is InChI=1S/C15H23NO/c1-3-16-14-9-8-12(11-14)10-13-6-4-5-7-15(13)17-2/h4-7,12,14,16H,3,8-11H2,1-2H3. The zero-order valence-corrected chi connectivity index (χ0v) is 10.9. The van der Waals surface area contributed by atoms with E-state index < -0.39 is 0 Å². The highest BCUT2D eigenvalue weighted by Crippen LogP contribution is 2.31. The van der Waals surface area contributed by atoms with Crippen molar-refractivity contribution < 1.29 is 4.74 Å². The van der Waals surface area contributed by atoms with Crippen LogP contribution < -0.4 is 10.1 Å². The van der Waals surface area contributed by atoms with Gasteiger partial charge in [0.1, 0.15) is 5.75 Å². The van der Waals surface area contributed by atoms with Crippen LogP contribution in [0.4, 0.5) is 0 Å². The van der Waals surface area contributed by atoms with Gasteiger partial charge in [0.2, 0.25) is 0 Å². The summed E-state index contributed by atoms with van der Waals surface area (Å²) in [6, 6.07) is 9.14. The average molecular weight is 233 g/mol. The van der Waals surface area contributed by atoms with E-state index in [4.69, 9.17) is 4.74 Å².